The summed E-state index contributed by atoms with van der Waals surface area (Å²) >= 11 is 12.8. The van der Waals surface area contributed by atoms with E-state index in [1.807, 2.05) is 0 Å². The molecule has 15 heavy (non-hydrogen) atoms. The van der Waals surface area contributed by atoms with Gasteiger partial charge >= 0.3 is 5.97 Å². The summed E-state index contributed by atoms with van der Waals surface area (Å²) in [6, 6.07) is 3.38. The summed E-state index contributed by atoms with van der Waals surface area (Å²) in [6.07, 6.45) is 0. The Bertz CT molecular complexity index is 373. The molecule has 0 aliphatic rings. The van der Waals surface area contributed by atoms with E-state index in [1.165, 1.54) is 11.8 Å². The van der Waals surface area contributed by atoms with Crippen LogP contribution in [-0.2, 0) is 10.5 Å². The number of hydrogen-bond donors (Lipinski definition) is 1. The Labute approximate surface area is 102 Å². The predicted molar refractivity (Wildman–Crippen MR) is 62.6 cm³/mol. The number of hydrogen-bond acceptors (Lipinski definition) is 3. The number of carboxylic acid groups (broad SMARTS) is 1. The first kappa shape index (κ1) is 12.6. The standard InChI is InChI=1S/C9H9Cl2NO2S/c1-5(9(13)14)15-4-6-2-3-7(10)12-8(6)11/h2-3,5H,4H2,1H3,(H,13,14). The van der Waals surface area contributed by atoms with E-state index in [0.29, 0.717) is 16.1 Å². The van der Waals surface area contributed by atoms with E-state index < -0.39 is 11.2 Å². The van der Waals surface area contributed by atoms with Crippen LogP contribution in [0.4, 0.5) is 0 Å². The van der Waals surface area contributed by atoms with Crippen LogP contribution in [0.3, 0.4) is 0 Å². The van der Waals surface area contributed by atoms with Crippen LogP contribution >= 0.6 is 35.0 Å². The van der Waals surface area contributed by atoms with Crippen molar-refractivity contribution in [1.82, 2.24) is 4.98 Å². The molecule has 1 unspecified atom stereocenters. The number of nitrogens with zero attached hydrogens (tertiary/aromatic N) is 1. The van der Waals surface area contributed by atoms with Gasteiger partial charge in [-0.2, -0.15) is 0 Å². The molecule has 0 bridgehead atoms. The van der Waals surface area contributed by atoms with Gasteiger partial charge in [-0.3, -0.25) is 4.79 Å². The lowest BCUT2D eigenvalue weighted by molar-refractivity contribution is -0.136. The van der Waals surface area contributed by atoms with Crippen LogP contribution in [-0.4, -0.2) is 21.3 Å². The summed E-state index contributed by atoms with van der Waals surface area (Å²) in [5, 5.41) is 8.88. The second kappa shape index (κ2) is 5.58. The minimum atomic E-state index is -0.835. The van der Waals surface area contributed by atoms with Gasteiger partial charge in [-0.05, 0) is 18.6 Å². The van der Waals surface area contributed by atoms with Crippen molar-refractivity contribution in [2.45, 2.75) is 17.9 Å². The maximum Gasteiger partial charge on any atom is 0.316 e. The third-order valence-electron chi connectivity index (χ3n) is 1.73. The molecule has 82 valence electrons. The van der Waals surface area contributed by atoms with E-state index in [-0.39, 0.29) is 0 Å². The summed E-state index contributed by atoms with van der Waals surface area (Å²) in [6.45, 7) is 1.63. The topological polar surface area (TPSA) is 50.2 Å². The lowest BCUT2D eigenvalue weighted by Crippen LogP contribution is -2.11. The van der Waals surface area contributed by atoms with Crippen molar-refractivity contribution in [2.24, 2.45) is 0 Å². The van der Waals surface area contributed by atoms with Crippen molar-refractivity contribution >= 4 is 40.9 Å². The number of rotatable bonds is 4. The Morgan fingerprint density at radius 3 is 2.80 bits per heavy atom. The number of thioether (sulfide) groups is 1. The summed E-state index contributed by atoms with van der Waals surface area (Å²) in [4.78, 5) is 14.4. The lowest BCUT2D eigenvalue weighted by Gasteiger charge is -2.06. The Hall–Kier alpha value is -0.450. The van der Waals surface area contributed by atoms with Gasteiger partial charge in [0.25, 0.3) is 0 Å². The van der Waals surface area contributed by atoms with Crippen LogP contribution in [0.1, 0.15) is 12.5 Å². The van der Waals surface area contributed by atoms with Gasteiger partial charge in [0.05, 0.1) is 5.25 Å². The van der Waals surface area contributed by atoms with Crippen LogP contribution in [0.2, 0.25) is 10.3 Å². The second-order valence-corrected chi connectivity index (χ2v) is 4.95. The molecule has 0 aliphatic carbocycles. The summed E-state index contributed by atoms with van der Waals surface area (Å²) in [5.41, 5.74) is 0.791. The Morgan fingerprint density at radius 1 is 1.60 bits per heavy atom. The molecule has 1 aromatic rings. The SMILES string of the molecule is CC(SCc1ccc(Cl)nc1Cl)C(=O)O. The molecule has 0 saturated carbocycles. The molecule has 6 heteroatoms. The molecule has 1 atom stereocenters. The van der Waals surface area contributed by atoms with Crippen molar-refractivity contribution in [3.63, 3.8) is 0 Å². The molecule has 0 aromatic carbocycles. The molecular weight excluding hydrogens is 257 g/mol. The van der Waals surface area contributed by atoms with Crippen molar-refractivity contribution in [1.29, 1.82) is 0 Å². The van der Waals surface area contributed by atoms with Crippen molar-refractivity contribution in [2.75, 3.05) is 0 Å². The smallest absolute Gasteiger partial charge is 0.316 e. The first-order valence-electron chi connectivity index (χ1n) is 4.16. The van der Waals surface area contributed by atoms with Crippen molar-refractivity contribution in [3.05, 3.63) is 28.0 Å². The normalized spacial score (nSPS) is 12.5. The Balaban J connectivity index is 2.62. The molecule has 1 rings (SSSR count). The zero-order valence-electron chi connectivity index (χ0n) is 7.91. The summed E-state index contributed by atoms with van der Waals surface area (Å²) < 4.78 is 0. The molecule has 0 amide bonds. The van der Waals surface area contributed by atoms with Gasteiger partial charge in [-0.25, -0.2) is 4.98 Å². The lowest BCUT2D eigenvalue weighted by atomic mass is 10.3. The van der Waals surface area contributed by atoms with Crippen LogP contribution < -0.4 is 0 Å². The first-order valence-corrected chi connectivity index (χ1v) is 5.96. The molecule has 0 saturated heterocycles. The number of pyridine rings is 1. The summed E-state index contributed by atoms with van der Waals surface area (Å²) in [7, 11) is 0. The number of carboxylic acids is 1. The maximum atomic E-state index is 10.6. The average molecular weight is 266 g/mol. The van der Waals surface area contributed by atoms with Crippen LogP contribution in [0, 0.1) is 0 Å². The molecular formula is C9H9Cl2NO2S. The molecule has 0 spiro atoms. The average Bonchev–Trinajstić information content (AvgIpc) is 2.15. The van der Waals surface area contributed by atoms with E-state index >= 15 is 0 Å². The van der Waals surface area contributed by atoms with Crippen LogP contribution in [0.25, 0.3) is 0 Å². The monoisotopic (exact) mass is 265 g/mol. The number of aliphatic carboxylic acids is 1. The zero-order valence-corrected chi connectivity index (χ0v) is 10.2. The third kappa shape index (κ3) is 3.89. The molecule has 1 aromatic heterocycles. The fraction of sp³-hybridized carbons (Fsp3) is 0.333. The zero-order chi connectivity index (χ0) is 11.4. The van der Waals surface area contributed by atoms with E-state index in [9.17, 15) is 4.79 Å². The quantitative estimate of drug-likeness (QED) is 0.851. The Kier molecular flexibility index (Phi) is 4.70. The minimum absolute atomic E-state index is 0.326. The van der Waals surface area contributed by atoms with Gasteiger partial charge in [0.1, 0.15) is 10.3 Å². The number of carbonyl (C=O) groups is 1. The van der Waals surface area contributed by atoms with Gasteiger partial charge in [0.2, 0.25) is 0 Å². The highest BCUT2D eigenvalue weighted by Gasteiger charge is 2.12. The van der Waals surface area contributed by atoms with E-state index in [2.05, 4.69) is 4.98 Å². The first-order chi connectivity index (χ1) is 7.00. The predicted octanol–water partition coefficient (Wildman–Crippen LogP) is 3.09. The highest BCUT2D eigenvalue weighted by Crippen LogP contribution is 2.23. The summed E-state index contributed by atoms with van der Waals surface area (Å²) in [5.74, 6) is -0.325. The van der Waals surface area contributed by atoms with Crippen LogP contribution in [0.15, 0.2) is 12.1 Å². The van der Waals surface area contributed by atoms with E-state index in [4.69, 9.17) is 28.3 Å². The van der Waals surface area contributed by atoms with Gasteiger partial charge in [-0.1, -0.05) is 29.3 Å². The minimum Gasteiger partial charge on any atom is -0.480 e. The Morgan fingerprint density at radius 2 is 2.27 bits per heavy atom. The molecule has 0 aliphatic heterocycles. The van der Waals surface area contributed by atoms with Crippen LogP contribution in [0.5, 0.6) is 0 Å². The molecule has 1 N–H and O–H groups in total. The molecule has 3 nitrogen and oxygen atoms in total. The largest absolute Gasteiger partial charge is 0.480 e. The third-order valence-corrected chi connectivity index (χ3v) is 3.45. The van der Waals surface area contributed by atoms with Crippen molar-refractivity contribution in [3.8, 4) is 0 Å². The van der Waals surface area contributed by atoms with Gasteiger partial charge < -0.3 is 5.11 Å². The fourth-order valence-electron chi connectivity index (χ4n) is 0.835. The molecule has 0 fully saturated rings. The fourth-order valence-corrected chi connectivity index (χ4v) is 2.13. The number of aromatic nitrogens is 1. The molecule has 0 radical (unpaired) electrons. The maximum absolute atomic E-state index is 10.6. The van der Waals surface area contributed by atoms with Gasteiger partial charge in [-0.15, -0.1) is 11.8 Å². The number of halogens is 2. The highest BCUT2D eigenvalue weighted by molar-refractivity contribution is 7.99. The van der Waals surface area contributed by atoms with Gasteiger partial charge in [0.15, 0.2) is 0 Å². The van der Waals surface area contributed by atoms with Gasteiger partial charge in [0, 0.05) is 5.75 Å². The van der Waals surface area contributed by atoms with E-state index in [1.54, 1.807) is 19.1 Å². The second-order valence-electron chi connectivity index (χ2n) is 2.88. The highest BCUT2D eigenvalue weighted by atomic mass is 35.5. The van der Waals surface area contributed by atoms with Crippen molar-refractivity contribution < 1.29 is 9.90 Å². The molecule has 1 heterocycles. The van der Waals surface area contributed by atoms with E-state index in [0.717, 1.165) is 5.56 Å².